The topological polar surface area (TPSA) is 56.1 Å². The quantitative estimate of drug-likeness (QED) is 0.587. The van der Waals surface area contributed by atoms with E-state index < -0.39 is 0 Å². The highest BCUT2D eigenvalue weighted by Gasteiger charge is 2.36. The zero-order valence-corrected chi connectivity index (χ0v) is 16.0. The van der Waals surface area contributed by atoms with Gasteiger partial charge in [0.15, 0.2) is 0 Å². The van der Waals surface area contributed by atoms with Crippen molar-refractivity contribution in [3.05, 3.63) is 59.8 Å². The number of carbonyl (C=O) groups excluding carboxylic acids is 1. The first-order chi connectivity index (χ1) is 13.2. The van der Waals surface area contributed by atoms with Crippen LogP contribution in [0.25, 0.3) is 0 Å². The van der Waals surface area contributed by atoms with Gasteiger partial charge in [-0.05, 0) is 57.3 Å². The first-order valence-electron chi connectivity index (χ1n) is 10.0. The molecule has 0 unspecified atom stereocenters. The van der Waals surface area contributed by atoms with E-state index in [0.717, 1.165) is 69.4 Å². The summed E-state index contributed by atoms with van der Waals surface area (Å²) < 4.78 is 0. The largest absolute Gasteiger partial charge is 0.330 e. The van der Waals surface area contributed by atoms with Crippen molar-refractivity contribution in [3.63, 3.8) is 0 Å². The molecule has 1 N–H and O–H groups in total. The highest BCUT2D eigenvalue weighted by Crippen LogP contribution is 2.34. The number of allylic oxidation sites excluding steroid dienone is 3. The monoisotopic (exact) mass is 363 g/mol. The summed E-state index contributed by atoms with van der Waals surface area (Å²) in [5.74, 6) is 0.128. The van der Waals surface area contributed by atoms with Crippen LogP contribution >= 0.6 is 0 Å². The van der Waals surface area contributed by atoms with Crippen molar-refractivity contribution in [2.45, 2.75) is 50.4 Å². The molecule has 1 aromatic carbocycles. The Hall–Kier alpha value is -2.38. The van der Waals surface area contributed by atoms with E-state index in [-0.39, 0.29) is 11.3 Å². The molecule has 27 heavy (non-hydrogen) atoms. The van der Waals surface area contributed by atoms with Gasteiger partial charge >= 0.3 is 0 Å². The van der Waals surface area contributed by atoms with Gasteiger partial charge in [-0.3, -0.25) is 4.79 Å². The molecule has 142 valence electrons. The van der Waals surface area contributed by atoms with E-state index in [9.17, 15) is 10.1 Å². The van der Waals surface area contributed by atoms with Crippen molar-refractivity contribution in [1.29, 1.82) is 5.26 Å². The van der Waals surface area contributed by atoms with Crippen LogP contribution in [0.2, 0.25) is 0 Å². The number of likely N-dealkylation sites (tertiary alicyclic amines) is 1. The molecule has 0 atom stereocenters. The molecule has 1 fully saturated rings. The van der Waals surface area contributed by atoms with Crippen LogP contribution in [0.5, 0.6) is 0 Å². The summed E-state index contributed by atoms with van der Waals surface area (Å²) in [7, 11) is 0. The van der Waals surface area contributed by atoms with Gasteiger partial charge in [0.25, 0.3) is 0 Å². The lowest BCUT2D eigenvalue weighted by molar-refractivity contribution is -0.120. The number of benzene rings is 1. The SMILES string of the molecule is N#CC1(c2ccccc2)CCN(CCCCC(=O)NC2=CCC=CC2)CC1. The summed E-state index contributed by atoms with van der Waals surface area (Å²) in [6.07, 6.45) is 12.3. The van der Waals surface area contributed by atoms with Gasteiger partial charge in [-0.2, -0.15) is 5.26 Å². The summed E-state index contributed by atoms with van der Waals surface area (Å²) in [6, 6.07) is 12.8. The molecule has 1 heterocycles. The average molecular weight is 364 g/mol. The van der Waals surface area contributed by atoms with Crippen LogP contribution in [0.4, 0.5) is 0 Å². The molecule has 1 saturated heterocycles. The van der Waals surface area contributed by atoms with Crippen LogP contribution in [-0.2, 0) is 10.2 Å². The van der Waals surface area contributed by atoms with E-state index in [1.807, 2.05) is 18.2 Å². The molecule has 4 nitrogen and oxygen atoms in total. The molecule has 2 aliphatic rings. The first-order valence-corrected chi connectivity index (χ1v) is 10.0. The Morgan fingerprint density at radius 3 is 2.59 bits per heavy atom. The van der Waals surface area contributed by atoms with Crippen LogP contribution < -0.4 is 5.32 Å². The van der Waals surface area contributed by atoms with E-state index >= 15 is 0 Å². The minimum Gasteiger partial charge on any atom is -0.330 e. The smallest absolute Gasteiger partial charge is 0.224 e. The normalized spacial score (nSPS) is 19.1. The van der Waals surface area contributed by atoms with E-state index in [1.54, 1.807) is 0 Å². The van der Waals surface area contributed by atoms with Gasteiger partial charge in [-0.15, -0.1) is 0 Å². The molecular formula is C23H29N3O. The second-order valence-electron chi connectivity index (χ2n) is 7.55. The second-order valence-corrected chi connectivity index (χ2v) is 7.55. The Kier molecular flexibility index (Phi) is 6.84. The van der Waals surface area contributed by atoms with E-state index in [0.29, 0.717) is 6.42 Å². The number of nitriles is 1. The molecule has 3 rings (SSSR count). The summed E-state index contributed by atoms with van der Waals surface area (Å²) in [5.41, 5.74) is 1.85. The third-order valence-corrected chi connectivity index (χ3v) is 5.68. The molecular weight excluding hydrogens is 334 g/mol. The second kappa shape index (κ2) is 9.53. The summed E-state index contributed by atoms with van der Waals surface area (Å²) in [5, 5.41) is 12.8. The number of rotatable bonds is 7. The molecule has 1 aromatic rings. The molecule has 0 spiro atoms. The zero-order chi connectivity index (χ0) is 19.0. The Labute approximate surface area is 162 Å². The van der Waals surface area contributed by atoms with Gasteiger partial charge in [0, 0.05) is 18.5 Å². The molecule has 0 saturated carbocycles. The maximum absolute atomic E-state index is 12.0. The van der Waals surface area contributed by atoms with Crippen molar-refractivity contribution < 1.29 is 4.79 Å². The van der Waals surface area contributed by atoms with Gasteiger partial charge < -0.3 is 10.2 Å². The fourth-order valence-electron chi connectivity index (χ4n) is 3.95. The first kappa shape index (κ1) is 19.4. The van der Waals surface area contributed by atoms with Crippen molar-refractivity contribution >= 4 is 5.91 Å². The summed E-state index contributed by atoms with van der Waals surface area (Å²) in [6.45, 7) is 2.91. The number of piperidine rings is 1. The fourth-order valence-corrected chi connectivity index (χ4v) is 3.95. The van der Waals surface area contributed by atoms with E-state index in [2.05, 4.69) is 46.6 Å². The van der Waals surface area contributed by atoms with Crippen LogP contribution in [0.3, 0.4) is 0 Å². The van der Waals surface area contributed by atoms with Crippen molar-refractivity contribution in [1.82, 2.24) is 10.2 Å². The number of hydrogen-bond acceptors (Lipinski definition) is 3. The number of nitrogens with zero attached hydrogens (tertiary/aromatic N) is 2. The number of amides is 1. The van der Waals surface area contributed by atoms with Crippen molar-refractivity contribution in [3.8, 4) is 6.07 Å². The van der Waals surface area contributed by atoms with Gasteiger partial charge in [0.1, 0.15) is 0 Å². The van der Waals surface area contributed by atoms with Crippen molar-refractivity contribution in [2.75, 3.05) is 19.6 Å². The van der Waals surface area contributed by atoms with Crippen LogP contribution in [0, 0.1) is 11.3 Å². The number of carbonyl (C=O) groups is 1. The molecule has 4 heteroatoms. The maximum Gasteiger partial charge on any atom is 0.224 e. The number of nitrogens with one attached hydrogen (secondary N) is 1. The Balaban J connectivity index is 1.35. The Morgan fingerprint density at radius 1 is 1.15 bits per heavy atom. The third-order valence-electron chi connectivity index (χ3n) is 5.68. The minimum atomic E-state index is -0.334. The van der Waals surface area contributed by atoms with Gasteiger partial charge in [0.2, 0.25) is 5.91 Å². The highest BCUT2D eigenvalue weighted by molar-refractivity contribution is 5.77. The standard InChI is InChI=1S/C23H29N3O/c24-19-23(20-9-3-1-4-10-20)14-17-26(18-15-23)16-8-7-13-22(27)25-21-11-5-2-6-12-21/h1-5,9-10,12H,6-8,11,13-18H2,(H,25,27). The van der Waals surface area contributed by atoms with Crippen LogP contribution in [0.1, 0.15) is 50.5 Å². The summed E-state index contributed by atoms with van der Waals surface area (Å²) in [4.78, 5) is 14.5. The Bertz CT molecular complexity index is 722. The molecule has 1 aliphatic carbocycles. The third kappa shape index (κ3) is 5.30. The van der Waals surface area contributed by atoms with Crippen LogP contribution in [0.15, 0.2) is 54.3 Å². The van der Waals surface area contributed by atoms with Gasteiger partial charge in [-0.25, -0.2) is 0 Å². The Morgan fingerprint density at radius 2 is 1.93 bits per heavy atom. The lowest BCUT2D eigenvalue weighted by Gasteiger charge is -2.37. The minimum absolute atomic E-state index is 0.128. The average Bonchev–Trinajstić information content (AvgIpc) is 2.73. The predicted octanol–water partition coefficient (Wildman–Crippen LogP) is 4.06. The van der Waals surface area contributed by atoms with Crippen LogP contribution in [-0.4, -0.2) is 30.4 Å². The zero-order valence-electron chi connectivity index (χ0n) is 16.0. The lowest BCUT2D eigenvalue weighted by atomic mass is 9.74. The molecule has 0 radical (unpaired) electrons. The van der Waals surface area contributed by atoms with Gasteiger partial charge in [-0.1, -0.05) is 48.6 Å². The molecule has 1 amide bonds. The van der Waals surface area contributed by atoms with E-state index in [4.69, 9.17) is 0 Å². The van der Waals surface area contributed by atoms with E-state index in [1.165, 1.54) is 0 Å². The summed E-state index contributed by atoms with van der Waals surface area (Å²) >= 11 is 0. The molecule has 0 aromatic heterocycles. The predicted molar refractivity (Wildman–Crippen MR) is 108 cm³/mol. The molecule has 1 aliphatic heterocycles. The molecule has 0 bridgehead atoms. The highest BCUT2D eigenvalue weighted by atomic mass is 16.1. The number of hydrogen-bond donors (Lipinski definition) is 1. The number of unbranched alkanes of at least 4 members (excludes halogenated alkanes) is 1. The fraction of sp³-hybridized carbons (Fsp3) is 0.478. The van der Waals surface area contributed by atoms with Crippen molar-refractivity contribution in [2.24, 2.45) is 0 Å². The maximum atomic E-state index is 12.0. The lowest BCUT2D eigenvalue weighted by Crippen LogP contribution is -2.42. The van der Waals surface area contributed by atoms with Gasteiger partial charge in [0.05, 0.1) is 11.5 Å².